The predicted molar refractivity (Wildman–Crippen MR) is 69.0 cm³/mol. The minimum Gasteiger partial charge on any atom is -0.508 e. The highest BCUT2D eigenvalue weighted by atomic mass is 32.2. The first kappa shape index (κ1) is 12.2. The predicted octanol–water partition coefficient (Wildman–Crippen LogP) is 2.08. The van der Waals surface area contributed by atoms with Crippen LogP contribution in [0.25, 0.3) is 0 Å². The molecule has 2 rings (SSSR count). The Labute approximate surface area is 96.2 Å². The molecule has 1 atom stereocenters. The van der Waals surface area contributed by atoms with Crippen LogP contribution in [0.2, 0.25) is 0 Å². The second-order valence-electron chi connectivity index (χ2n) is 2.74. The number of nitrogens with zero attached hydrogens (tertiary/aromatic N) is 1. The normalized spacial score (nSPS) is 16.9. The summed E-state index contributed by atoms with van der Waals surface area (Å²) in [5, 5.41) is 9.94. The van der Waals surface area contributed by atoms with Crippen molar-refractivity contribution in [1.82, 2.24) is 0 Å². The zero-order valence-corrected chi connectivity index (χ0v) is 9.30. The molecule has 0 aliphatic carbocycles. The number of aromatic hydroxyl groups is 1. The maximum Gasteiger partial charge on any atom is 0.291 e. The van der Waals surface area contributed by atoms with Crippen molar-refractivity contribution in [2.24, 2.45) is 10.1 Å². The Morgan fingerprint density at radius 1 is 1.25 bits per heavy atom. The lowest BCUT2D eigenvalue weighted by atomic mass is 10.3. The van der Waals surface area contributed by atoms with Crippen molar-refractivity contribution in [1.29, 1.82) is 0 Å². The van der Waals surface area contributed by atoms with Crippen molar-refractivity contribution in [3.63, 3.8) is 0 Å². The Morgan fingerprint density at radius 3 is 2.25 bits per heavy atom. The quantitative estimate of drug-likeness (QED) is 0.677. The Balaban J connectivity index is 0.000000165. The van der Waals surface area contributed by atoms with Gasteiger partial charge >= 0.3 is 0 Å². The number of primary amides is 1. The summed E-state index contributed by atoms with van der Waals surface area (Å²) in [7, 11) is -0.700. The van der Waals surface area contributed by atoms with Crippen LogP contribution in [0.1, 0.15) is 0 Å². The molecule has 1 aliphatic heterocycles. The van der Waals surface area contributed by atoms with Gasteiger partial charge < -0.3 is 10.8 Å². The topological polar surface area (TPSA) is 75.7 Å². The number of carbonyl (C=O) groups excluding carboxylic acids is 1. The molecule has 0 fully saturated rings. The van der Waals surface area contributed by atoms with Crippen molar-refractivity contribution >= 4 is 27.5 Å². The highest BCUT2D eigenvalue weighted by Crippen LogP contribution is 2.13. The number of amides is 1. The third kappa shape index (κ3) is 4.56. The van der Waals surface area contributed by atoms with E-state index >= 15 is 0 Å². The minimum atomic E-state index is -0.700. The Morgan fingerprint density at radius 2 is 1.94 bits per heavy atom. The number of hydrogen-bond acceptors (Lipinski definition) is 3. The number of allylic oxidation sites excluding steroid dienone is 2. The van der Waals surface area contributed by atoms with E-state index < -0.39 is 10.7 Å². The summed E-state index contributed by atoms with van der Waals surface area (Å²) in [6, 6.07) is 8.71. The highest BCUT2D eigenvalue weighted by molar-refractivity contribution is 8.26. The lowest BCUT2D eigenvalue weighted by Crippen LogP contribution is -2.04. The van der Waals surface area contributed by atoms with Gasteiger partial charge in [-0.1, -0.05) is 24.3 Å². The molecule has 1 aromatic carbocycles. The third-order valence-corrected chi connectivity index (χ3v) is 2.72. The molecule has 0 saturated carbocycles. The maximum absolute atomic E-state index is 10.4. The van der Waals surface area contributed by atoms with Gasteiger partial charge in [-0.3, -0.25) is 4.79 Å². The van der Waals surface area contributed by atoms with Gasteiger partial charge in [-0.2, -0.15) is 0 Å². The summed E-state index contributed by atoms with van der Waals surface area (Å²) in [6.45, 7) is 0. The van der Waals surface area contributed by atoms with Crippen molar-refractivity contribution in [3.8, 4) is 5.75 Å². The van der Waals surface area contributed by atoms with Crippen LogP contribution in [0.4, 0.5) is 4.79 Å². The van der Waals surface area contributed by atoms with Crippen molar-refractivity contribution in [3.05, 3.63) is 42.5 Å². The summed E-state index contributed by atoms with van der Waals surface area (Å²) in [5.41, 5.74) is 4.96. The molecule has 1 heterocycles. The fraction of sp³-hybridized carbons (Fsp3) is 0. The van der Waals surface area contributed by atoms with Gasteiger partial charge in [0.1, 0.15) is 5.75 Å². The second kappa shape index (κ2) is 6.58. The number of rotatable bonds is 0. The van der Waals surface area contributed by atoms with Crippen LogP contribution in [-0.4, -0.2) is 21.9 Å². The average Bonchev–Trinajstić information content (AvgIpc) is 2.32. The van der Waals surface area contributed by atoms with E-state index in [0.29, 0.717) is 5.75 Å². The molecular formula is C11H12N2O2S. The van der Waals surface area contributed by atoms with Gasteiger partial charge in [-0.15, -0.1) is 0 Å². The van der Waals surface area contributed by atoms with Crippen LogP contribution in [0.15, 0.2) is 46.9 Å². The minimum absolute atomic E-state index is 0.322. The van der Waals surface area contributed by atoms with Crippen LogP contribution in [-0.2, 0) is 0 Å². The molecule has 16 heavy (non-hydrogen) atoms. The largest absolute Gasteiger partial charge is 0.508 e. The van der Waals surface area contributed by atoms with Crippen LogP contribution in [0.3, 0.4) is 0 Å². The van der Waals surface area contributed by atoms with E-state index in [9.17, 15) is 4.79 Å². The zero-order valence-electron chi connectivity index (χ0n) is 8.48. The molecule has 4 nitrogen and oxygen atoms in total. The van der Waals surface area contributed by atoms with Crippen LogP contribution >= 0.6 is 10.7 Å². The molecule has 0 aromatic heterocycles. The van der Waals surface area contributed by atoms with Crippen molar-refractivity contribution < 1.29 is 9.90 Å². The van der Waals surface area contributed by atoms with E-state index in [1.54, 1.807) is 48.0 Å². The molecule has 1 amide bonds. The molecule has 1 aliphatic rings. The van der Waals surface area contributed by atoms with Gasteiger partial charge in [-0.25, -0.2) is 4.40 Å². The average molecular weight is 236 g/mol. The standard InChI is InChI=1S/C6H6O.C5H6N2OS/c7-6-4-2-1-3-5-6;6-5(8)9-4-2-1-3-7-9/h1-5,7H;1-4H,(H2,6,8). The number of benzene rings is 1. The maximum atomic E-state index is 10.4. The number of carbonyl (C=O) groups is 1. The van der Waals surface area contributed by atoms with Crippen molar-refractivity contribution in [2.75, 3.05) is 0 Å². The number of phenolic OH excluding ortho intramolecular Hbond substituents is 1. The van der Waals surface area contributed by atoms with E-state index in [1.807, 2.05) is 6.07 Å². The van der Waals surface area contributed by atoms with Crippen LogP contribution in [0, 0.1) is 0 Å². The molecule has 0 bridgehead atoms. The third-order valence-electron chi connectivity index (χ3n) is 1.54. The van der Waals surface area contributed by atoms with Gasteiger partial charge in [0.2, 0.25) is 0 Å². The molecule has 0 saturated heterocycles. The number of para-hydroxylation sites is 1. The summed E-state index contributed by atoms with van der Waals surface area (Å²) >= 11 is 0. The zero-order chi connectivity index (χ0) is 11.8. The molecule has 84 valence electrons. The smallest absolute Gasteiger partial charge is 0.291 e. The monoisotopic (exact) mass is 236 g/mol. The SMILES string of the molecule is NC(=O)S1=CC=CC=N1.Oc1ccccc1. The summed E-state index contributed by atoms with van der Waals surface area (Å²) in [6.07, 6.45) is 5.10. The lowest BCUT2D eigenvalue weighted by molar-refractivity contribution is 0.267. The van der Waals surface area contributed by atoms with E-state index in [0.717, 1.165) is 0 Å². The lowest BCUT2D eigenvalue weighted by Gasteiger charge is -1.95. The molecule has 5 heteroatoms. The first-order valence-electron chi connectivity index (χ1n) is 4.51. The van der Waals surface area contributed by atoms with Gasteiger partial charge in [0.25, 0.3) is 5.24 Å². The fourth-order valence-electron chi connectivity index (χ4n) is 0.852. The van der Waals surface area contributed by atoms with Crippen molar-refractivity contribution in [2.45, 2.75) is 0 Å². The summed E-state index contributed by atoms with van der Waals surface area (Å²) in [4.78, 5) is 10.4. The van der Waals surface area contributed by atoms with Gasteiger partial charge in [0, 0.05) is 16.9 Å². The summed E-state index contributed by atoms with van der Waals surface area (Å²) in [5.74, 6) is 0.322. The molecule has 1 unspecified atom stereocenters. The van der Waals surface area contributed by atoms with Gasteiger partial charge in [0.05, 0.1) is 0 Å². The molecule has 0 spiro atoms. The van der Waals surface area contributed by atoms with E-state index in [2.05, 4.69) is 4.40 Å². The second-order valence-corrected chi connectivity index (χ2v) is 4.26. The summed E-state index contributed by atoms with van der Waals surface area (Å²) < 4.78 is 3.81. The number of hydrogen-bond donors (Lipinski definition) is 2. The van der Waals surface area contributed by atoms with E-state index in [-0.39, 0.29) is 5.24 Å². The highest BCUT2D eigenvalue weighted by Gasteiger charge is 1.97. The molecule has 0 radical (unpaired) electrons. The Bertz CT molecular complexity index is 439. The molecule has 1 aromatic rings. The van der Waals surface area contributed by atoms with Gasteiger partial charge in [-0.05, 0) is 23.6 Å². The van der Waals surface area contributed by atoms with E-state index in [4.69, 9.17) is 10.8 Å². The van der Waals surface area contributed by atoms with Crippen LogP contribution < -0.4 is 5.73 Å². The molecule has 3 N–H and O–H groups in total. The van der Waals surface area contributed by atoms with Crippen LogP contribution in [0.5, 0.6) is 5.75 Å². The number of phenols is 1. The Kier molecular flexibility index (Phi) is 5.01. The van der Waals surface area contributed by atoms with Gasteiger partial charge in [0.15, 0.2) is 0 Å². The molecular weight excluding hydrogens is 224 g/mol. The first-order valence-corrected chi connectivity index (χ1v) is 5.75. The number of nitrogens with two attached hydrogens (primary N) is 1. The van der Waals surface area contributed by atoms with E-state index in [1.165, 1.54) is 0 Å². The fourth-order valence-corrected chi connectivity index (χ4v) is 1.60. The first-order chi connectivity index (χ1) is 7.70. The Hall–Kier alpha value is -1.88.